The summed E-state index contributed by atoms with van der Waals surface area (Å²) in [5, 5.41) is 0. The molecule has 0 amide bonds. The summed E-state index contributed by atoms with van der Waals surface area (Å²) < 4.78 is 7.47. The first-order valence-corrected chi connectivity index (χ1v) is 11.3. The highest BCUT2D eigenvalue weighted by molar-refractivity contribution is 5.73. The molecule has 4 rings (SSSR count). The van der Waals surface area contributed by atoms with Gasteiger partial charge in [-0.25, -0.2) is 14.8 Å². The molecule has 7 nitrogen and oxygen atoms in total. The van der Waals surface area contributed by atoms with Gasteiger partial charge in [0.15, 0.2) is 11.5 Å². The third-order valence-corrected chi connectivity index (χ3v) is 5.62. The molecule has 4 aromatic rings. The Morgan fingerprint density at radius 3 is 2.58 bits per heavy atom. The van der Waals surface area contributed by atoms with E-state index in [1.54, 1.807) is 10.8 Å². The average Bonchev–Trinajstić information content (AvgIpc) is 3.11. The van der Waals surface area contributed by atoms with Gasteiger partial charge in [-0.1, -0.05) is 50.2 Å². The first-order chi connectivity index (χ1) is 15.9. The number of ether oxygens (including phenoxy) is 1. The summed E-state index contributed by atoms with van der Waals surface area (Å²) in [4.78, 5) is 27.0. The Hall–Kier alpha value is -3.45. The van der Waals surface area contributed by atoms with Crippen LogP contribution in [0.15, 0.2) is 59.5 Å². The zero-order valence-corrected chi connectivity index (χ0v) is 19.7. The molecule has 0 saturated carbocycles. The van der Waals surface area contributed by atoms with Crippen LogP contribution >= 0.6 is 0 Å². The van der Waals surface area contributed by atoms with E-state index in [4.69, 9.17) is 9.72 Å². The smallest absolute Gasteiger partial charge is 0.328 e. The second kappa shape index (κ2) is 10.0. The molecule has 0 aliphatic carbocycles. The predicted octanol–water partition coefficient (Wildman–Crippen LogP) is 4.29. The summed E-state index contributed by atoms with van der Waals surface area (Å²) in [5.41, 5.74) is 4.21. The maximum atomic E-state index is 12.7. The summed E-state index contributed by atoms with van der Waals surface area (Å²) in [6, 6.07) is 16.0. The van der Waals surface area contributed by atoms with Crippen molar-refractivity contribution in [2.24, 2.45) is 0 Å². The minimum atomic E-state index is -0.197. The van der Waals surface area contributed by atoms with E-state index in [2.05, 4.69) is 48.9 Å². The monoisotopic (exact) mass is 445 g/mol. The number of hydrogen-bond donors (Lipinski definition) is 1. The molecule has 0 spiro atoms. The van der Waals surface area contributed by atoms with Crippen LogP contribution in [0.5, 0.6) is 5.75 Å². The number of nitrogens with zero attached hydrogens (tertiary/aromatic N) is 4. The van der Waals surface area contributed by atoms with Crippen LogP contribution in [0, 0.1) is 0 Å². The largest absolute Gasteiger partial charge is 0.494 e. The number of rotatable bonds is 9. The van der Waals surface area contributed by atoms with E-state index >= 15 is 0 Å². The molecule has 1 N–H and O–H groups in total. The summed E-state index contributed by atoms with van der Waals surface area (Å²) in [7, 11) is 4.11. The van der Waals surface area contributed by atoms with Gasteiger partial charge in [0.2, 0.25) is 0 Å². The van der Waals surface area contributed by atoms with Gasteiger partial charge in [-0.15, -0.1) is 0 Å². The summed E-state index contributed by atoms with van der Waals surface area (Å²) >= 11 is 0. The lowest BCUT2D eigenvalue weighted by molar-refractivity contribution is 0.281. The van der Waals surface area contributed by atoms with Crippen molar-refractivity contribution in [2.45, 2.75) is 32.7 Å². The Kier molecular flexibility index (Phi) is 6.89. The van der Waals surface area contributed by atoms with Crippen molar-refractivity contribution in [3.8, 4) is 17.1 Å². The number of benzene rings is 2. The van der Waals surface area contributed by atoms with Crippen LogP contribution in [0.1, 0.15) is 37.3 Å². The molecule has 0 aliphatic rings. The van der Waals surface area contributed by atoms with Gasteiger partial charge in [-0.05, 0) is 49.7 Å². The average molecular weight is 446 g/mol. The van der Waals surface area contributed by atoms with Crippen molar-refractivity contribution in [2.75, 3.05) is 27.2 Å². The molecule has 0 atom stereocenters. The Balaban J connectivity index is 1.57. The van der Waals surface area contributed by atoms with Crippen LogP contribution in [-0.4, -0.2) is 51.7 Å². The van der Waals surface area contributed by atoms with Gasteiger partial charge in [0.05, 0.1) is 19.3 Å². The van der Waals surface area contributed by atoms with Crippen LogP contribution in [0.25, 0.3) is 22.6 Å². The zero-order chi connectivity index (χ0) is 23.4. The van der Waals surface area contributed by atoms with Crippen molar-refractivity contribution < 1.29 is 4.74 Å². The molecular weight excluding hydrogens is 414 g/mol. The van der Waals surface area contributed by atoms with E-state index in [-0.39, 0.29) is 5.69 Å². The number of H-pyrrole nitrogens is 1. The highest BCUT2D eigenvalue weighted by atomic mass is 16.5. The molecule has 2 heterocycles. The van der Waals surface area contributed by atoms with Gasteiger partial charge < -0.3 is 14.6 Å². The first kappa shape index (κ1) is 22.7. The van der Waals surface area contributed by atoms with E-state index in [0.29, 0.717) is 36.1 Å². The van der Waals surface area contributed by atoms with Crippen molar-refractivity contribution >= 4 is 11.2 Å². The van der Waals surface area contributed by atoms with Crippen molar-refractivity contribution in [3.05, 3.63) is 76.3 Å². The van der Waals surface area contributed by atoms with Crippen LogP contribution in [0.3, 0.4) is 0 Å². The fourth-order valence-electron chi connectivity index (χ4n) is 3.87. The highest BCUT2D eigenvalue weighted by Gasteiger charge is 2.14. The van der Waals surface area contributed by atoms with E-state index < -0.39 is 0 Å². The molecule has 0 aliphatic heterocycles. The predicted molar refractivity (Wildman–Crippen MR) is 132 cm³/mol. The Bertz CT molecular complexity index is 1270. The maximum absolute atomic E-state index is 12.7. The zero-order valence-electron chi connectivity index (χ0n) is 19.7. The van der Waals surface area contributed by atoms with E-state index in [9.17, 15) is 4.79 Å². The highest BCUT2D eigenvalue weighted by Crippen LogP contribution is 2.27. The maximum Gasteiger partial charge on any atom is 0.328 e. The topological polar surface area (TPSA) is 76.0 Å². The van der Waals surface area contributed by atoms with Crippen molar-refractivity contribution in [1.82, 2.24) is 24.4 Å². The summed E-state index contributed by atoms with van der Waals surface area (Å²) in [6.07, 6.45) is 2.67. The van der Waals surface area contributed by atoms with Gasteiger partial charge in [0.25, 0.3) is 0 Å². The molecule has 2 aromatic heterocycles. The molecule has 7 heteroatoms. The SMILES string of the molecule is CC(C)c1ccccc1-c1ncc2[nH]c(=O)n(Cc3ccc(OCCCN(C)C)cc3)c2n1. The van der Waals surface area contributed by atoms with Crippen molar-refractivity contribution in [3.63, 3.8) is 0 Å². The normalized spacial score (nSPS) is 11.6. The van der Waals surface area contributed by atoms with E-state index in [0.717, 1.165) is 29.8 Å². The van der Waals surface area contributed by atoms with Gasteiger partial charge in [0.1, 0.15) is 11.3 Å². The molecule has 33 heavy (non-hydrogen) atoms. The lowest BCUT2D eigenvalue weighted by Crippen LogP contribution is -2.18. The quantitative estimate of drug-likeness (QED) is 0.389. The van der Waals surface area contributed by atoms with E-state index in [1.165, 1.54) is 5.56 Å². The van der Waals surface area contributed by atoms with Crippen LogP contribution in [0.2, 0.25) is 0 Å². The lowest BCUT2D eigenvalue weighted by Gasteiger charge is -2.12. The molecule has 0 fully saturated rings. The molecule has 0 saturated heterocycles. The number of nitrogens with one attached hydrogen (secondary N) is 1. The fourth-order valence-corrected chi connectivity index (χ4v) is 3.87. The fraction of sp³-hybridized carbons (Fsp3) is 0.346. The number of aromatic amines is 1. The number of hydrogen-bond acceptors (Lipinski definition) is 5. The second-order valence-electron chi connectivity index (χ2n) is 8.84. The van der Waals surface area contributed by atoms with Gasteiger partial charge in [-0.3, -0.25) is 4.57 Å². The first-order valence-electron chi connectivity index (χ1n) is 11.3. The van der Waals surface area contributed by atoms with E-state index in [1.807, 2.05) is 42.5 Å². The van der Waals surface area contributed by atoms with Gasteiger partial charge in [0, 0.05) is 12.1 Å². The molecule has 0 radical (unpaired) electrons. The number of fused-ring (bicyclic) bond motifs is 1. The Morgan fingerprint density at radius 1 is 1.09 bits per heavy atom. The van der Waals surface area contributed by atoms with Crippen LogP contribution in [-0.2, 0) is 6.54 Å². The van der Waals surface area contributed by atoms with Gasteiger partial charge in [-0.2, -0.15) is 0 Å². The molecule has 2 aromatic carbocycles. The minimum absolute atomic E-state index is 0.197. The van der Waals surface area contributed by atoms with Crippen LogP contribution < -0.4 is 10.4 Å². The Labute approximate surface area is 194 Å². The molecule has 0 unspecified atom stereocenters. The van der Waals surface area contributed by atoms with Crippen LogP contribution in [0.4, 0.5) is 0 Å². The summed E-state index contributed by atoms with van der Waals surface area (Å²) in [6.45, 7) is 6.39. The molecule has 172 valence electrons. The van der Waals surface area contributed by atoms with Gasteiger partial charge >= 0.3 is 5.69 Å². The third kappa shape index (κ3) is 5.31. The number of aromatic nitrogens is 4. The van der Waals surface area contributed by atoms with Crippen molar-refractivity contribution in [1.29, 1.82) is 0 Å². The lowest BCUT2D eigenvalue weighted by atomic mass is 9.97. The number of imidazole rings is 1. The Morgan fingerprint density at radius 2 is 1.85 bits per heavy atom. The summed E-state index contributed by atoms with van der Waals surface area (Å²) in [5.74, 6) is 1.80. The third-order valence-electron chi connectivity index (χ3n) is 5.62. The second-order valence-corrected chi connectivity index (χ2v) is 8.84. The molecule has 0 bridgehead atoms. The minimum Gasteiger partial charge on any atom is -0.494 e. The standard InChI is InChI=1S/C26H31N5O2/c1-18(2)21-8-5-6-9-22(21)24-27-16-23-25(29-24)31(26(32)28-23)17-19-10-12-20(13-11-19)33-15-7-14-30(3)4/h5-6,8-13,16,18H,7,14-15,17H2,1-4H3,(H,28,32). The molecular formula is C26H31N5O2.